The zero-order valence-corrected chi connectivity index (χ0v) is 28.2. The van der Waals surface area contributed by atoms with Crippen molar-refractivity contribution in [3.63, 3.8) is 0 Å². The third-order valence-electron chi connectivity index (χ3n) is 8.71. The summed E-state index contributed by atoms with van der Waals surface area (Å²) in [5, 5.41) is 3.77. The summed E-state index contributed by atoms with van der Waals surface area (Å²) < 4.78 is 54.6. The number of H-pyrrole nitrogens is 1. The largest absolute Gasteiger partial charge is 0.488 e. The minimum Gasteiger partial charge on any atom is -0.488 e. The first-order valence-electron chi connectivity index (χ1n) is 16.6. The van der Waals surface area contributed by atoms with Crippen molar-refractivity contribution < 1.29 is 32.0 Å². The van der Waals surface area contributed by atoms with Gasteiger partial charge in [-0.25, -0.2) is 9.59 Å². The molecule has 0 fully saturated rings. The van der Waals surface area contributed by atoms with E-state index in [9.17, 15) is 22.8 Å². The molecule has 1 aromatic heterocycles. The van der Waals surface area contributed by atoms with Gasteiger partial charge < -0.3 is 9.47 Å². The highest BCUT2D eigenvalue weighted by Gasteiger charge is 2.30. The Labute approximate surface area is 298 Å². The molecule has 1 atom stereocenters. The lowest BCUT2D eigenvalue weighted by Gasteiger charge is -2.15. The van der Waals surface area contributed by atoms with E-state index in [1.807, 2.05) is 84.9 Å². The Morgan fingerprint density at radius 2 is 1.42 bits per heavy atom. The highest BCUT2D eigenvalue weighted by Crippen LogP contribution is 2.31. The fourth-order valence-electron chi connectivity index (χ4n) is 5.80. The maximum atomic E-state index is 13.0. The van der Waals surface area contributed by atoms with Gasteiger partial charge in [-0.15, -0.1) is 0 Å². The first-order chi connectivity index (χ1) is 25.1. The second-order valence-corrected chi connectivity index (χ2v) is 12.3. The minimum absolute atomic E-state index is 0.142. The number of aromatic amines is 1. The normalized spacial score (nSPS) is 12.2. The number of allylic oxidation sites excluding steroid dienone is 1. The van der Waals surface area contributed by atoms with Crippen molar-refractivity contribution in [3.05, 3.63) is 171 Å². The van der Waals surface area contributed by atoms with E-state index in [1.165, 1.54) is 19.2 Å². The van der Waals surface area contributed by atoms with E-state index in [-0.39, 0.29) is 11.9 Å². The fourth-order valence-corrected chi connectivity index (χ4v) is 5.80. The second kappa shape index (κ2) is 16.2. The van der Waals surface area contributed by atoms with Crippen LogP contribution in [-0.2, 0) is 30.4 Å². The molecule has 0 amide bonds. The SMILES string of the molecule is COC(=O)c1ccc(CCC(C=Cc2ccccc2OCc2ccc(-c3ccc(C(F)(F)F)cc3)cc2)Cc2ccc(-c3noc(=O)[nH]3)cc2)cc1. The van der Waals surface area contributed by atoms with Gasteiger partial charge in [0.25, 0.3) is 0 Å². The third-order valence-corrected chi connectivity index (χ3v) is 8.71. The summed E-state index contributed by atoms with van der Waals surface area (Å²) in [6, 6.07) is 35.7. The summed E-state index contributed by atoms with van der Waals surface area (Å²) in [5.41, 5.74) is 6.13. The average Bonchev–Trinajstić information content (AvgIpc) is 3.61. The van der Waals surface area contributed by atoms with Gasteiger partial charge in [-0.05, 0) is 83.3 Å². The molecule has 0 saturated carbocycles. The van der Waals surface area contributed by atoms with Gasteiger partial charge in [-0.3, -0.25) is 9.51 Å². The number of rotatable bonds is 13. The molecule has 0 saturated heterocycles. The number of hydrogen-bond donors (Lipinski definition) is 1. The van der Waals surface area contributed by atoms with Crippen molar-refractivity contribution in [1.29, 1.82) is 0 Å². The smallest absolute Gasteiger partial charge is 0.439 e. The maximum absolute atomic E-state index is 13.0. The number of aryl methyl sites for hydroxylation is 1. The van der Waals surface area contributed by atoms with Crippen molar-refractivity contribution in [2.24, 2.45) is 5.92 Å². The van der Waals surface area contributed by atoms with E-state index in [0.29, 0.717) is 29.3 Å². The van der Waals surface area contributed by atoms with E-state index in [1.54, 1.807) is 12.1 Å². The molecular weight excluding hydrogens is 669 g/mol. The Hall–Kier alpha value is -6.16. The molecule has 0 bridgehead atoms. The van der Waals surface area contributed by atoms with E-state index in [0.717, 1.165) is 64.8 Å². The van der Waals surface area contributed by atoms with Gasteiger partial charge in [-0.2, -0.15) is 13.2 Å². The van der Waals surface area contributed by atoms with Gasteiger partial charge in [0.2, 0.25) is 0 Å². The van der Waals surface area contributed by atoms with Gasteiger partial charge in [0.1, 0.15) is 12.4 Å². The average molecular weight is 705 g/mol. The number of ether oxygens (including phenoxy) is 2. The molecule has 1 unspecified atom stereocenters. The first-order valence-corrected chi connectivity index (χ1v) is 16.6. The van der Waals surface area contributed by atoms with Crippen LogP contribution >= 0.6 is 0 Å². The first kappa shape index (κ1) is 35.7. The summed E-state index contributed by atoms with van der Waals surface area (Å²) in [6.45, 7) is 0.312. The number of benzene rings is 5. The molecule has 10 heteroatoms. The standard InChI is InChI=1S/C42H35F3N2O5/c1-50-40(48)36-20-8-28(9-21-36)6-7-29(26-30-11-18-35(19-12-30)39-46-41(49)52-47-39)10-17-34-4-2-3-5-38(34)51-27-31-13-15-32(16-14-31)33-22-24-37(25-23-33)42(43,44)45/h2-5,8-25,29H,6-7,26-27H2,1H3,(H,46,47,49). The lowest BCUT2D eigenvalue weighted by molar-refractivity contribution is -0.137. The van der Waals surface area contributed by atoms with Gasteiger partial charge in [0.05, 0.1) is 18.2 Å². The number of nitrogens with zero attached hydrogens (tertiary/aromatic N) is 1. The molecule has 1 N–H and O–H groups in total. The summed E-state index contributed by atoms with van der Waals surface area (Å²) in [5.74, 6) is 0.247. The number of alkyl halides is 3. The highest BCUT2D eigenvalue weighted by atomic mass is 19.4. The van der Waals surface area contributed by atoms with Gasteiger partial charge in [0, 0.05) is 11.1 Å². The fraction of sp³-hybridized carbons (Fsp3) is 0.167. The summed E-state index contributed by atoms with van der Waals surface area (Å²) in [6.07, 6.45) is 2.26. The molecule has 0 radical (unpaired) electrons. The van der Waals surface area contributed by atoms with Gasteiger partial charge in [-0.1, -0.05) is 108 Å². The molecule has 264 valence electrons. The van der Waals surface area contributed by atoms with Crippen LogP contribution in [0, 0.1) is 5.92 Å². The molecule has 7 nitrogen and oxygen atoms in total. The summed E-state index contributed by atoms with van der Waals surface area (Å²) in [4.78, 5) is 25.9. The quantitative estimate of drug-likeness (QED) is 0.120. The lowest BCUT2D eigenvalue weighted by Crippen LogP contribution is -2.05. The van der Waals surface area contributed by atoms with Crippen molar-refractivity contribution >= 4 is 12.0 Å². The van der Waals surface area contributed by atoms with E-state index in [4.69, 9.17) is 9.47 Å². The number of nitrogens with one attached hydrogen (secondary N) is 1. The van der Waals surface area contributed by atoms with Crippen LogP contribution in [0.5, 0.6) is 5.75 Å². The van der Waals surface area contributed by atoms with Crippen LogP contribution in [0.3, 0.4) is 0 Å². The summed E-state index contributed by atoms with van der Waals surface area (Å²) in [7, 11) is 1.36. The van der Waals surface area contributed by atoms with Crippen molar-refractivity contribution in [3.8, 4) is 28.3 Å². The third kappa shape index (κ3) is 9.33. The number of aromatic nitrogens is 2. The zero-order chi connectivity index (χ0) is 36.5. The predicted octanol–water partition coefficient (Wildman–Crippen LogP) is 9.59. The number of hydrogen-bond acceptors (Lipinski definition) is 6. The van der Waals surface area contributed by atoms with E-state index >= 15 is 0 Å². The Kier molecular flexibility index (Phi) is 11.1. The number of para-hydroxylation sites is 1. The van der Waals surface area contributed by atoms with Crippen LogP contribution < -0.4 is 10.5 Å². The predicted molar refractivity (Wildman–Crippen MR) is 193 cm³/mol. The number of carbonyl (C=O) groups excluding carboxylic acids is 1. The number of esters is 1. The molecule has 52 heavy (non-hydrogen) atoms. The molecule has 5 aromatic carbocycles. The van der Waals surface area contributed by atoms with Crippen LogP contribution in [0.1, 0.15) is 44.6 Å². The molecule has 0 aliphatic heterocycles. The molecular formula is C42H35F3N2O5. The van der Waals surface area contributed by atoms with Crippen LogP contribution in [0.4, 0.5) is 13.2 Å². The van der Waals surface area contributed by atoms with E-state index in [2.05, 4.69) is 26.8 Å². The zero-order valence-electron chi connectivity index (χ0n) is 28.2. The maximum Gasteiger partial charge on any atom is 0.439 e. The number of carbonyl (C=O) groups is 1. The topological polar surface area (TPSA) is 94.4 Å². The molecule has 0 aliphatic carbocycles. The van der Waals surface area contributed by atoms with Crippen molar-refractivity contribution in [2.75, 3.05) is 7.11 Å². The molecule has 0 aliphatic rings. The lowest BCUT2D eigenvalue weighted by atomic mass is 9.91. The Morgan fingerprint density at radius 3 is 2.06 bits per heavy atom. The van der Waals surface area contributed by atoms with E-state index < -0.39 is 17.5 Å². The molecule has 0 spiro atoms. The van der Waals surface area contributed by atoms with Crippen LogP contribution in [0.15, 0.2) is 137 Å². The van der Waals surface area contributed by atoms with Crippen LogP contribution in [0.25, 0.3) is 28.6 Å². The summed E-state index contributed by atoms with van der Waals surface area (Å²) >= 11 is 0. The van der Waals surface area contributed by atoms with Gasteiger partial charge >= 0.3 is 17.9 Å². The number of halogens is 3. The second-order valence-electron chi connectivity index (χ2n) is 12.3. The molecule has 6 rings (SSSR count). The van der Waals surface area contributed by atoms with Crippen molar-refractivity contribution in [1.82, 2.24) is 10.1 Å². The molecule has 1 heterocycles. The van der Waals surface area contributed by atoms with Gasteiger partial charge in [0.15, 0.2) is 5.82 Å². The minimum atomic E-state index is -4.37. The van der Waals surface area contributed by atoms with Crippen molar-refractivity contribution in [2.45, 2.75) is 32.0 Å². The van der Waals surface area contributed by atoms with Crippen LogP contribution in [0.2, 0.25) is 0 Å². The Morgan fingerprint density at radius 1 is 0.808 bits per heavy atom. The Bertz CT molecular complexity index is 2170. The monoisotopic (exact) mass is 704 g/mol. The number of methoxy groups -OCH3 is 1. The van der Waals surface area contributed by atoms with Crippen LogP contribution in [-0.4, -0.2) is 23.2 Å². The Balaban J connectivity index is 1.14. The molecule has 6 aromatic rings. The highest BCUT2D eigenvalue weighted by molar-refractivity contribution is 5.89.